The SMILES string of the molecule is Fc1cccc2c(N3CCOC(c4ccc(Cl)cc4)C3)ncnc12. The number of rotatable bonds is 2. The summed E-state index contributed by atoms with van der Waals surface area (Å²) in [4.78, 5) is 10.6. The van der Waals surface area contributed by atoms with Gasteiger partial charge in [-0.1, -0.05) is 29.8 Å². The van der Waals surface area contributed by atoms with Crippen molar-refractivity contribution in [1.29, 1.82) is 0 Å². The first kappa shape index (κ1) is 15.3. The molecule has 0 bridgehead atoms. The Balaban J connectivity index is 1.67. The zero-order valence-corrected chi connectivity index (χ0v) is 13.6. The molecule has 0 radical (unpaired) electrons. The van der Waals surface area contributed by atoms with Crippen molar-refractivity contribution < 1.29 is 9.13 Å². The lowest BCUT2D eigenvalue weighted by molar-refractivity contribution is 0.0396. The van der Waals surface area contributed by atoms with E-state index >= 15 is 0 Å². The molecule has 2 aromatic carbocycles. The van der Waals surface area contributed by atoms with Crippen LogP contribution in [0.25, 0.3) is 10.9 Å². The molecule has 1 aromatic heterocycles. The van der Waals surface area contributed by atoms with Gasteiger partial charge in [-0.15, -0.1) is 0 Å². The highest BCUT2D eigenvalue weighted by Crippen LogP contribution is 2.30. The molecule has 0 amide bonds. The number of benzene rings is 2. The molecule has 4 nitrogen and oxygen atoms in total. The van der Waals surface area contributed by atoms with Crippen molar-refractivity contribution in [3.63, 3.8) is 0 Å². The summed E-state index contributed by atoms with van der Waals surface area (Å²) in [7, 11) is 0. The largest absolute Gasteiger partial charge is 0.370 e. The van der Waals surface area contributed by atoms with Crippen molar-refractivity contribution in [2.45, 2.75) is 6.10 Å². The second-order valence-corrected chi connectivity index (χ2v) is 6.13. The van der Waals surface area contributed by atoms with Gasteiger partial charge < -0.3 is 9.64 Å². The second-order valence-electron chi connectivity index (χ2n) is 5.69. The Morgan fingerprint density at radius 3 is 2.79 bits per heavy atom. The van der Waals surface area contributed by atoms with Gasteiger partial charge in [-0.2, -0.15) is 0 Å². The summed E-state index contributed by atoms with van der Waals surface area (Å²) in [5.74, 6) is 0.403. The summed E-state index contributed by atoms with van der Waals surface area (Å²) in [6, 6.07) is 12.6. The van der Waals surface area contributed by atoms with Crippen LogP contribution in [0.15, 0.2) is 48.8 Å². The van der Waals surface area contributed by atoms with Crippen LogP contribution in [0.1, 0.15) is 11.7 Å². The lowest BCUT2D eigenvalue weighted by Crippen LogP contribution is -2.39. The number of nitrogens with zero attached hydrogens (tertiary/aromatic N) is 3. The maximum Gasteiger partial charge on any atom is 0.149 e. The zero-order valence-electron chi connectivity index (χ0n) is 12.8. The number of hydrogen-bond acceptors (Lipinski definition) is 4. The van der Waals surface area contributed by atoms with Crippen LogP contribution in [-0.4, -0.2) is 29.7 Å². The molecule has 1 aliphatic heterocycles. The maximum absolute atomic E-state index is 14.0. The molecule has 122 valence electrons. The van der Waals surface area contributed by atoms with E-state index < -0.39 is 0 Å². The number of hydrogen-bond donors (Lipinski definition) is 0. The fraction of sp³-hybridized carbons (Fsp3) is 0.222. The quantitative estimate of drug-likeness (QED) is 0.705. The Morgan fingerprint density at radius 1 is 1.12 bits per heavy atom. The molecule has 1 unspecified atom stereocenters. The summed E-state index contributed by atoms with van der Waals surface area (Å²) in [6.45, 7) is 1.92. The molecule has 0 N–H and O–H groups in total. The molecule has 1 saturated heterocycles. The highest BCUT2D eigenvalue weighted by atomic mass is 35.5. The van der Waals surface area contributed by atoms with E-state index in [0.29, 0.717) is 35.6 Å². The fourth-order valence-electron chi connectivity index (χ4n) is 3.01. The van der Waals surface area contributed by atoms with Crippen molar-refractivity contribution in [3.8, 4) is 0 Å². The average Bonchev–Trinajstić information content (AvgIpc) is 2.62. The van der Waals surface area contributed by atoms with E-state index in [-0.39, 0.29) is 11.9 Å². The molecule has 0 saturated carbocycles. The number of ether oxygens (including phenoxy) is 1. The van der Waals surface area contributed by atoms with E-state index in [1.54, 1.807) is 6.07 Å². The minimum atomic E-state index is -0.335. The molecule has 3 aromatic rings. The molecule has 0 aliphatic carbocycles. The zero-order chi connectivity index (χ0) is 16.5. The second kappa shape index (κ2) is 6.34. The monoisotopic (exact) mass is 343 g/mol. The summed E-state index contributed by atoms with van der Waals surface area (Å²) < 4.78 is 19.9. The van der Waals surface area contributed by atoms with Crippen molar-refractivity contribution >= 4 is 28.3 Å². The first-order valence-corrected chi connectivity index (χ1v) is 8.11. The smallest absolute Gasteiger partial charge is 0.149 e. The van der Waals surface area contributed by atoms with Crippen molar-refractivity contribution in [1.82, 2.24) is 9.97 Å². The van der Waals surface area contributed by atoms with Crippen LogP contribution in [-0.2, 0) is 4.74 Å². The number of anilines is 1. The van der Waals surface area contributed by atoms with Gasteiger partial charge in [-0.25, -0.2) is 14.4 Å². The summed E-state index contributed by atoms with van der Waals surface area (Å²) >= 11 is 5.95. The van der Waals surface area contributed by atoms with Gasteiger partial charge in [0, 0.05) is 23.5 Å². The first-order valence-electron chi connectivity index (χ1n) is 7.73. The summed E-state index contributed by atoms with van der Waals surface area (Å²) in [5, 5.41) is 1.41. The van der Waals surface area contributed by atoms with Crippen LogP contribution in [0.3, 0.4) is 0 Å². The predicted molar refractivity (Wildman–Crippen MR) is 91.9 cm³/mol. The maximum atomic E-state index is 14.0. The molecule has 24 heavy (non-hydrogen) atoms. The highest BCUT2D eigenvalue weighted by Gasteiger charge is 2.24. The van der Waals surface area contributed by atoms with E-state index in [4.69, 9.17) is 16.3 Å². The highest BCUT2D eigenvalue weighted by molar-refractivity contribution is 6.30. The Kier molecular flexibility index (Phi) is 4.04. The van der Waals surface area contributed by atoms with E-state index in [1.807, 2.05) is 30.3 Å². The molecule has 6 heteroatoms. The van der Waals surface area contributed by atoms with E-state index in [0.717, 1.165) is 11.4 Å². The minimum Gasteiger partial charge on any atom is -0.370 e. The molecule has 1 aliphatic rings. The molecular formula is C18H15ClFN3O. The Hall–Kier alpha value is -2.24. The molecule has 1 fully saturated rings. The number of fused-ring (bicyclic) bond motifs is 1. The molecule has 1 atom stereocenters. The van der Waals surface area contributed by atoms with Gasteiger partial charge >= 0.3 is 0 Å². The van der Waals surface area contributed by atoms with Gasteiger partial charge in [0.15, 0.2) is 0 Å². The molecule has 4 rings (SSSR count). The standard InChI is InChI=1S/C18H15ClFN3O/c19-13-6-4-12(5-7-13)16-10-23(8-9-24-16)18-14-2-1-3-15(20)17(14)21-11-22-18/h1-7,11,16H,8-10H2. The lowest BCUT2D eigenvalue weighted by atomic mass is 10.1. The van der Waals surface area contributed by atoms with E-state index in [1.165, 1.54) is 12.4 Å². The molecule has 0 spiro atoms. The fourth-order valence-corrected chi connectivity index (χ4v) is 3.14. The topological polar surface area (TPSA) is 38.2 Å². The number of morpholine rings is 1. The third kappa shape index (κ3) is 2.81. The lowest BCUT2D eigenvalue weighted by Gasteiger charge is -2.34. The predicted octanol–water partition coefficient (Wildman–Crippen LogP) is 4.00. The number of halogens is 2. The van der Waals surface area contributed by atoms with Crippen molar-refractivity contribution in [3.05, 3.63) is 65.2 Å². The number of para-hydroxylation sites is 1. The average molecular weight is 344 g/mol. The number of aromatic nitrogens is 2. The van der Waals surface area contributed by atoms with Crippen LogP contribution < -0.4 is 4.90 Å². The molecular weight excluding hydrogens is 329 g/mol. The van der Waals surface area contributed by atoms with Crippen LogP contribution >= 0.6 is 11.6 Å². The van der Waals surface area contributed by atoms with Crippen molar-refractivity contribution in [2.75, 3.05) is 24.6 Å². The van der Waals surface area contributed by atoms with Crippen molar-refractivity contribution in [2.24, 2.45) is 0 Å². The molecule has 2 heterocycles. The Bertz CT molecular complexity index is 872. The van der Waals surface area contributed by atoms with Gasteiger partial charge in [0.25, 0.3) is 0 Å². The van der Waals surface area contributed by atoms with Gasteiger partial charge in [-0.3, -0.25) is 0 Å². The van der Waals surface area contributed by atoms with Crippen LogP contribution in [0.2, 0.25) is 5.02 Å². The van der Waals surface area contributed by atoms with Crippen LogP contribution in [0, 0.1) is 5.82 Å². The van der Waals surface area contributed by atoms with Crippen LogP contribution in [0.4, 0.5) is 10.2 Å². The Morgan fingerprint density at radius 2 is 1.96 bits per heavy atom. The van der Waals surface area contributed by atoms with Gasteiger partial charge in [0.2, 0.25) is 0 Å². The minimum absolute atomic E-state index is 0.0745. The first-order chi connectivity index (χ1) is 11.7. The van der Waals surface area contributed by atoms with Gasteiger partial charge in [0.05, 0.1) is 6.61 Å². The third-order valence-electron chi connectivity index (χ3n) is 4.20. The van der Waals surface area contributed by atoms with Crippen LogP contribution in [0.5, 0.6) is 0 Å². The Labute approximate surface area is 143 Å². The third-order valence-corrected chi connectivity index (χ3v) is 4.45. The normalized spacial score (nSPS) is 18.1. The van der Waals surface area contributed by atoms with Gasteiger partial charge in [0.1, 0.15) is 29.6 Å². The summed E-state index contributed by atoms with van der Waals surface area (Å²) in [6.07, 6.45) is 1.34. The van der Waals surface area contributed by atoms with Gasteiger partial charge in [-0.05, 0) is 29.8 Å². The van der Waals surface area contributed by atoms with E-state index in [9.17, 15) is 4.39 Å². The summed E-state index contributed by atoms with van der Waals surface area (Å²) in [5.41, 5.74) is 1.41. The van der Waals surface area contributed by atoms with E-state index in [2.05, 4.69) is 14.9 Å².